The molecule has 1 aromatic rings. The molecule has 1 aliphatic heterocycles. The fourth-order valence-electron chi connectivity index (χ4n) is 1.70. The van der Waals surface area contributed by atoms with E-state index >= 15 is 0 Å². The highest BCUT2D eigenvalue weighted by atomic mass is 79.9. The molecule has 0 saturated carbocycles. The van der Waals surface area contributed by atoms with E-state index in [9.17, 15) is 4.79 Å². The van der Waals surface area contributed by atoms with Gasteiger partial charge in [0.2, 0.25) is 0 Å². The summed E-state index contributed by atoms with van der Waals surface area (Å²) in [7, 11) is 0. The number of nitrogens with zero attached hydrogens (tertiary/aromatic N) is 2. The number of aliphatic hydroxyl groups is 1. The molecule has 2 rings (SSSR count). The van der Waals surface area contributed by atoms with Crippen molar-refractivity contribution >= 4 is 21.8 Å². The van der Waals surface area contributed by atoms with Gasteiger partial charge in [-0.1, -0.05) is 6.07 Å². The SMILES string of the molecule is O=C(c1cccc(Br)n1)N1CCOC(CO)C1. The Balaban J connectivity index is 2.09. The highest BCUT2D eigenvalue weighted by Crippen LogP contribution is 2.11. The number of amides is 1. The van der Waals surface area contributed by atoms with E-state index in [1.165, 1.54) is 0 Å². The molecule has 1 fully saturated rings. The van der Waals surface area contributed by atoms with E-state index < -0.39 is 0 Å². The number of carbonyl (C=O) groups is 1. The van der Waals surface area contributed by atoms with Crippen LogP contribution in [0.3, 0.4) is 0 Å². The van der Waals surface area contributed by atoms with Crippen LogP contribution in [0.1, 0.15) is 10.5 Å². The van der Waals surface area contributed by atoms with Gasteiger partial charge in [0.25, 0.3) is 5.91 Å². The van der Waals surface area contributed by atoms with Gasteiger partial charge in [-0.15, -0.1) is 0 Å². The predicted molar refractivity (Wildman–Crippen MR) is 64.7 cm³/mol. The summed E-state index contributed by atoms with van der Waals surface area (Å²) in [4.78, 5) is 17.9. The number of carbonyl (C=O) groups excluding carboxylic acids is 1. The Labute approximate surface area is 108 Å². The maximum absolute atomic E-state index is 12.1. The van der Waals surface area contributed by atoms with Gasteiger partial charge in [-0.05, 0) is 28.1 Å². The zero-order valence-electron chi connectivity index (χ0n) is 9.17. The highest BCUT2D eigenvalue weighted by Gasteiger charge is 2.25. The largest absolute Gasteiger partial charge is 0.394 e. The molecule has 1 saturated heterocycles. The van der Waals surface area contributed by atoms with Crippen LogP contribution in [0.5, 0.6) is 0 Å². The quantitative estimate of drug-likeness (QED) is 0.816. The molecule has 0 radical (unpaired) electrons. The van der Waals surface area contributed by atoms with Crippen molar-refractivity contribution in [1.82, 2.24) is 9.88 Å². The monoisotopic (exact) mass is 300 g/mol. The minimum Gasteiger partial charge on any atom is -0.394 e. The van der Waals surface area contributed by atoms with Gasteiger partial charge in [0.15, 0.2) is 0 Å². The Bertz CT molecular complexity index is 413. The first-order valence-electron chi connectivity index (χ1n) is 5.35. The Kier molecular flexibility index (Phi) is 4.09. The molecule has 0 spiro atoms. The van der Waals surface area contributed by atoms with Crippen molar-refractivity contribution in [2.45, 2.75) is 6.10 Å². The Hall–Kier alpha value is -0.980. The number of hydrogen-bond acceptors (Lipinski definition) is 4. The molecule has 6 heteroatoms. The van der Waals surface area contributed by atoms with Crippen molar-refractivity contribution in [2.24, 2.45) is 0 Å². The Morgan fingerprint density at radius 1 is 1.65 bits per heavy atom. The fourth-order valence-corrected chi connectivity index (χ4v) is 2.05. The fraction of sp³-hybridized carbons (Fsp3) is 0.455. The smallest absolute Gasteiger partial charge is 0.272 e. The second-order valence-corrected chi connectivity index (χ2v) is 4.58. The molecule has 0 bridgehead atoms. The predicted octanol–water partition coefficient (Wildman–Crippen LogP) is 0.677. The summed E-state index contributed by atoms with van der Waals surface area (Å²) in [6.07, 6.45) is -0.292. The molecule has 1 N–H and O–H groups in total. The van der Waals surface area contributed by atoms with Crippen molar-refractivity contribution in [2.75, 3.05) is 26.3 Å². The lowest BCUT2D eigenvalue weighted by Gasteiger charge is -2.31. The first-order valence-corrected chi connectivity index (χ1v) is 6.14. The van der Waals surface area contributed by atoms with Crippen LogP contribution in [0.15, 0.2) is 22.8 Å². The van der Waals surface area contributed by atoms with Gasteiger partial charge >= 0.3 is 0 Å². The second-order valence-electron chi connectivity index (χ2n) is 3.77. The normalized spacial score (nSPS) is 20.4. The van der Waals surface area contributed by atoms with Gasteiger partial charge in [0.1, 0.15) is 10.3 Å². The lowest BCUT2D eigenvalue weighted by molar-refractivity contribution is -0.0448. The van der Waals surface area contributed by atoms with E-state index in [4.69, 9.17) is 9.84 Å². The molecular formula is C11H13BrN2O3. The summed E-state index contributed by atoms with van der Waals surface area (Å²) in [5.74, 6) is -0.131. The van der Waals surface area contributed by atoms with Crippen LogP contribution in [0.4, 0.5) is 0 Å². The van der Waals surface area contributed by atoms with E-state index in [-0.39, 0.29) is 18.6 Å². The summed E-state index contributed by atoms with van der Waals surface area (Å²) >= 11 is 3.23. The van der Waals surface area contributed by atoms with Crippen molar-refractivity contribution in [3.05, 3.63) is 28.5 Å². The van der Waals surface area contributed by atoms with E-state index in [0.29, 0.717) is 30.0 Å². The number of aliphatic hydroxyl groups excluding tert-OH is 1. The molecule has 0 aliphatic carbocycles. The number of morpholine rings is 1. The lowest BCUT2D eigenvalue weighted by atomic mass is 10.2. The van der Waals surface area contributed by atoms with Gasteiger partial charge in [0, 0.05) is 13.1 Å². The number of aromatic nitrogens is 1. The van der Waals surface area contributed by atoms with Crippen LogP contribution < -0.4 is 0 Å². The highest BCUT2D eigenvalue weighted by molar-refractivity contribution is 9.10. The van der Waals surface area contributed by atoms with E-state index in [2.05, 4.69) is 20.9 Å². The molecule has 2 heterocycles. The summed E-state index contributed by atoms with van der Waals surface area (Å²) in [6, 6.07) is 5.22. The Morgan fingerprint density at radius 2 is 2.47 bits per heavy atom. The number of halogens is 1. The maximum Gasteiger partial charge on any atom is 0.272 e. The van der Waals surface area contributed by atoms with Gasteiger partial charge in [-0.2, -0.15) is 0 Å². The standard InChI is InChI=1S/C11H13BrN2O3/c12-10-3-1-2-9(13-10)11(16)14-4-5-17-8(6-14)7-15/h1-3,8,15H,4-7H2. The Morgan fingerprint density at radius 3 is 3.18 bits per heavy atom. The van der Waals surface area contributed by atoms with Crippen molar-refractivity contribution < 1.29 is 14.6 Å². The molecule has 1 atom stereocenters. The topological polar surface area (TPSA) is 62.7 Å². The number of ether oxygens (including phenoxy) is 1. The number of hydrogen-bond donors (Lipinski definition) is 1. The molecule has 92 valence electrons. The van der Waals surface area contributed by atoms with Crippen molar-refractivity contribution in [3.63, 3.8) is 0 Å². The maximum atomic E-state index is 12.1. The molecule has 17 heavy (non-hydrogen) atoms. The lowest BCUT2D eigenvalue weighted by Crippen LogP contribution is -2.47. The zero-order valence-corrected chi connectivity index (χ0v) is 10.8. The number of rotatable bonds is 2. The van der Waals surface area contributed by atoms with Crippen LogP contribution in [-0.2, 0) is 4.74 Å². The van der Waals surface area contributed by atoms with Crippen molar-refractivity contribution in [3.8, 4) is 0 Å². The average Bonchev–Trinajstić information content (AvgIpc) is 2.38. The van der Waals surface area contributed by atoms with Crippen LogP contribution in [-0.4, -0.2) is 53.3 Å². The third kappa shape index (κ3) is 3.02. The molecule has 0 aromatic carbocycles. The van der Waals surface area contributed by atoms with Crippen molar-refractivity contribution in [1.29, 1.82) is 0 Å². The third-order valence-electron chi connectivity index (χ3n) is 2.56. The number of pyridine rings is 1. The van der Waals surface area contributed by atoms with Gasteiger partial charge in [-0.3, -0.25) is 4.79 Å². The van der Waals surface area contributed by atoms with Gasteiger partial charge in [0.05, 0.1) is 19.3 Å². The third-order valence-corrected chi connectivity index (χ3v) is 3.01. The van der Waals surface area contributed by atoms with Gasteiger partial charge in [-0.25, -0.2) is 4.98 Å². The van der Waals surface area contributed by atoms with E-state index in [1.807, 2.05) is 0 Å². The summed E-state index contributed by atoms with van der Waals surface area (Å²) in [6.45, 7) is 1.31. The molecule has 1 aliphatic rings. The minimum absolute atomic E-state index is 0.0737. The molecule has 5 nitrogen and oxygen atoms in total. The first kappa shape index (κ1) is 12.5. The van der Waals surface area contributed by atoms with Crippen LogP contribution >= 0.6 is 15.9 Å². The van der Waals surface area contributed by atoms with Crippen LogP contribution in [0.25, 0.3) is 0 Å². The zero-order chi connectivity index (χ0) is 12.3. The molecule has 1 unspecified atom stereocenters. The second kappa shape index (κ2) is 5.57. The molecular weight excluding hydrogens is 288 g/mol. The summed E-state index contributed by atoms with van der Waals surface area (Å²) in [5, 5.41) is 9.02. The van der Waals surface area contributed by atoms with E-state index in [1.54, 1.807) is 23.1 Å². The molecule has 1 amide bonds. The summed E-state index contributed by atoms with van der Waals surface area (Å²) < 4.78 is 5.93. The summed E-state index contributed by atoms with van der Waals surface area (Å²) in [5.41, 5.74) is 0.401. The van der Waals surface area contributed by atoms with Crippen LogP contribution in [0, 0.1) is 0 Å². The van der Waals surface area contributed by atoms with Gasteiger partial charge < -0.3 is 14.7 Å². The minimum atomic E-state index is -0.292. The molecule has 1 aromatic heterocycles. The average molecular weight is 301 g/mol. The van der Waals surface area contributed by atoms with Crippen LogP contribution in [0.2, 0.25) is 0 Å². The van der Waals surface area contributed by atoms with E-state index in [0.717, 1.165) is 0 Å². The first-order chi connectivity index (χ1) is 8.20.